The zero-order valence-corrected chi connectivity index (χ0v) is 14.2. The minimum Gasteiger partial charge on any atom is -0.489 e. The van der Waals surface area contributed by atoms with E-state index in [0.29, 0.717) is 24.1 Å². The van der Waals surface area contributed by atoms with E-state index in [0.717, 1.165) is 37.2 Å². The first-order valence-electron chi connectivity index (χ1n) is 8.30. The molecule has 3 N–H and O–H groups in total. The Hall–Kier alpha value is -2.08. The number of piperidine rings is 1. The lowest BCUT2D eigenvalue weighted by Gasteiger charge is -2.22. The van der Waals surface area contributed by atoms with Crippen molar-refractivity contribution in [3.8, 4) is 17.0 Å². The van der Waals surface area contributed by atoms with Crippen LogP contribution in [0.1, 0.15) is 26.7 Å². The fraction of sp³-hybridized carbons (Fsp3) is 0.529. The minimum atomic E-state index is 0.434. The topological polar surface area (TPSA) is 78.0 Å². The maximum Gasteiger partial charge on any atom is 0.166 e. The summed E-state index contributed by atoms with van der Waals surface area (Å²) >= 11 is 0. The first-order valence-corrected chi connectivity index (χ1v) is 8.30. The zero-order chi connectivity index (χ0) is 16.7. The second kappa shape index (κ2) is 8.53. The van der Waals surface area contributed by atoms with Crippen LogP contribution in [-0.4, -0.2) is 34.2 Å². The Balaban J connectivity index is 0.000000924. The minimum absolute atomic E-state index is 0.434. The molecule has 1 saturated heterocycles. The third-order valence-corrected chi connectivity index (χ3v) is 3.82. The summed E-state index contributed by atoms with van der Waals surface area (Å²) < 4.78 is 7.80. The molecule has 1 aliphatic rings. The molecule has 0 amide bonds. The summed E-state index contributed by atoms with van der Waals surface area (Å²) in [5.41, 5.74) is 7.71. The van der Waals surface area contributed by atoms with Crippen molar-refractivity contribution in [1.82, 2.24) is 19.9 Å². The normalized spacial score (nSPS) is 14.9. The lowest BCUT2D eigenvalue weighted by atomic mass is 9.99. The number of imidazole rings is 1. The largest absolute Gasteiger partial charge is 0.489 e. The molecule has 1 fully saturated rings. The number of nitrogens with two attached hydrogens (primary N) is 1. The van der Waals surface area contributed by atoms with E-state index < -0.39 is 0 Å². The van der Waals surface area contributed by atoms with Gasteiger partial charge in [0.25, 0.3) is 0 Å². The zero-order valence-electron chi connectivity index (χ0n) is 14.2. The van der Waals surface area contributed by atoms with Crippen molar-refractivity contribution in [1.29, 1.82) is 0 Å². The van der Waals surface area contributed by atoms with Crippen LogP contribution in [0.15, 0.2) is 24.8 Å². The Morgan fingerprint density at radius 3 is 2.70 bits per heavy atom. The molecule has 3 heterocycles. The molecule has 0 radical (unpaired) electrons. The Bertz CT molecular complexity index is 605. The van der Waals surface area contributed by atoms with E-state index in [2.05, 4.69) is 15.3 Å². The molecule has 6 heteroatoms. The van der Waals surface area contributed by atoms with E-state index in [1.54, 1.807) is 12.5 Å². The van der Waals surface area contributed by atoms with Crippen LogP contribution in [0.25, 0.3) is 11.3 Å². The van der Waals surface area contributed by atoms with E-state index in [-0.39, 0.29) is 0 Å². The van der Waals surface area contributed by atoms with Crippen molar-refractivity contribution in [3.05, 3.63) is 24.8 Å². The third-order valence-electron chi connectivity index (χ3n) is 3.82. The summed E-state index contributed by atoms with van der Waals surface area (Å²) in [6, 6.07) is 1.92. The van der Waals surface area contributed by atoms with Crippen molar-refractivity contribution in [2.45, 2.75) is 26.7 Å². The number of nitrogens with zero attached hydrogens (tertiary/aromatic N) is 3. The summed E-state index contributed by atoms with van der Waals surface area (Å²) in [7, 11) is 1.94. The van der Waals surface area contributed by atoms with Crippen LogP contribution < -0.4 is 15.8 Å². The molecule has 6 nitrogen and oxygen atoms in total. The Morgan fingerprint density at radius 1 is 1.30 bits per heavy atom. The van der Waals surface area contributed by atoms with E-state index in [1.165, 1.54) is 0 Å². The summed E-state index contributed by atoms with van der Waals surface area (Å²) in [6.07, 6.45) is 7.74. The van der Waals surface area contributed by atoms with Gasteiger partial charge in [-0.3, -0.25) is 0 Å². The molecule has 0 saturated carbocycles. The van der Waals surface area contributed by atoms with Crippen LogP contribution in [0.4, 0.5) is 5.82 Å². The molecule has 2 aromatic rings. The van der Waals surface area contributed by atoms with Crippen molar-refractivity contribution < 1.29 is 4.74 Å². The summed E-state index contributed by atoms with van der Waals surface area (Å²) in [6.45, 7) is 6.82. The Labute approximate surface area is 138 Å². The smallest absolute Gasteiger partial charge is 0.166 e. The van der Waals surface area contributed by atoms with E-state index >= 15 is 0 Å². The van der Waals surface area contributed by atoms with Gasteiger partial charge in [-0.05, 0) is 37.9 Å². The van der Waals surface area contributed by atoms with Gasteiger partial charge in [0.1, 0.15) is 0 Å². The van der Waals surface area contributed by atoms with E-state index in [1.807, 2.05) is 37.7 Å². The van der Waals surface area contributed by atoms with Crippen LogP contribution >= 0.6 is 0 Å². The second-order valence-corrected chi connectivity index (χ2v) is 5.54. The van der Waals surface area contributed by atoms with Gasteiger partial charge in [0.05, 0.1) is 18.6 Å². The van der Waals surface area contributed by atoms with Crippen LogP contribution in [0.3, 0.4) is 0 Å². The maximum atomic E-state index is 5.91. The van der Waals surface area contributed by atoms with Gasteiger partial charge in [0.2, 0.25) is 0 Å². The van der Waals surface area contributed by atoms with Gasteiger partial charge < -0.3 is 20.4 Å². The van der Waals surface area contributed by atoms with Crippen LogP contribution in [0, 0.1) is 5.92 Å². The molecule has 3 rings (SSSR count). The Morgan fingerprint density at radius 2 is 2.04 bits per heavy atom. The van der Waals surface area contributed by atoms with E-state index in [9.17, 15) is 0 Å². The lowest BCUT2D eigenvalue weighted by molar-refractivity contribution is 0.216. The first-order chi connectivity index (χ1) is 11.2. The van der Waals surface area contributed by atoms with Crippen LogP contribution in [0.2, 0.25) is 0 Å². The average molecular weight is 317 g/mol. The molecule has 0 aromatic carbocycles. The number of nitrogen functional groups attached to an aromatic ring is 1. The molecule has 0 spiro atoms. The molecule has 0 bridgehead atoms. The van der Waals surface area contributed by atoms with Gasteiger partial charge in [0, 0.05) is 25.0 Å². The SMILES string of the molecule is CC.Cn1cnc(-c2cnc(N)c(OCC3CCNCC3)c2)c1. The van der Waals surface area contributed by atoms with Crippen LogP contribution in [0.5, 0.6) is 5.75 Å². The number of aromatic nitrogens is 3. The predicted octanol–water partition coefficient (Wildman–Crippen LogP) is 2.47. The molecule has 1 aliphatic heterocycles. The van der Waals surface area contributed by atoms with Gasteiger partial charge in [-0.25, -0.2) is 9.97 Å². The molecular formula is C17H27N5O. The fourth-order valence-corrected chi connectivity index (χ4v) is 2.53. The molecule has 0 unspecified atom stereocenters. The standard InChI is InChI=1S/C15H21N5O.C2H6/c1-20-8-13(19-10-20)12-6-14(15(16)18-7-12)21-9-11-2-4-17-5-3-11;1-2/h6-8,10-11,17H,2-5,9H2,1H3,(H2,16,18);1-2H3. The number of rotatable bonds is 4. The van der Waals surface area contributed by atoms with Gasteiger partial charge in [-0.1, -0.05) is 13.8 Å². The lowest BCUT2D eigenvalue weighted by Crippen LogP contribution is -2.30. The highest BCUT2D eigenvalue weighted by Gasteiger charge is 2.15. The van der Waals surface area contributed by atoms with E-state index in [4.69, 9.17) is 10.5 Å². The molecule has 23 heavy (non-hydrogen) atoms. The number of aryl methyl sites for hydroxylation is 1. The molecule has 0 aliphatic carbocycles. The number of nitrogens with one attached hydrogen (secondary N) is 1. The Kier molecular flexibility index (Phi) is 6.40. The number of hydrogen-bond acceptors (Lipinski definition) is 5. The van der Waals surface area contributed by atoms with Crippen LogP contribution in [-0.2, 0) is 7.05 Å². The number of pyridine rings is 1. The number of hydrogen-bond donors (Lipinski definition) is 2. The monoisotopic (exact) mass is 317 g/mol. The highest BCUT2D eigenvalue weighted by Crippen LogP contribution is 2.27. The molecular weight excluding hydrogens is 290 g/mol. The summed E-state index contributed by atoms with van der Waals surface area (Å²) in [5, 5.41) is 3.35. The number of ether oxygens (including phenoxy) is 1. The summed E-state index contributed by atoms with van der Waals surface area (Å²) in [5.74, 6) is 1.67. The summed E-state index contributed by atoms with van der Waals surface area (Å²) in [4.78, 5) is 8.54. The van der Waals surface area contributed by atoms with Crippen molar-refractivity contribution in [2.75, 3.05) is 25.4 Å². The first kappa shape index (κ1) is 17.3. The highest BCUT2D eigenvalue weighted by atomic mass is 16.5. The third kappa shape index (κ3) is 4.69. The second-order valence-electron chi connectivity index (χ2n) is 5.54. The van der Waals surface area contributed by atoms with Gasteiger partial charge in [-0.2, -0.15) is 0 Å². The van der Waals surface area contributed by atoms with Gasteiger partial charge in [-0.15, -0.1) is 0 Å². The van der Waals surface area contributed by atoms with Gasteiger partial charge in [0.15, 0.2) is 11.6 Å². The van der Waals surface area contributed by atoms with Crippen molar-refractivity contribution >= 4 is 5.82 Å². The number of anilines is 1. The quantitative estimate of drug-likeness (QED) is 0.906. The fourth-order valence-electron chi connectivity index (χ4n) is 2.53. The average Bonchev–Trinajstić information content (AvgIpc) is 3.03. The van der Waals surface area contributed by atoms with Gasteiger partial charge >= 0.3 is 0 Å². The molecule has 0 atom stereocenters. The molecule has 126 valence electrons. The molecule has 2 aromatic heterocycles. The van der Waals surface area contributed by atoms with Crippen molar-refractivity contribution in [3.63, 3.8) is 0 Å². The van der Waals surface area contributed by atoms with Crippen molar-refractivity contribution in [2.24, 2.45) is 13.0 Å². The maximum absolute atomic E-state index is 5.91. The predicted molar refractivity (Wildman–Crippen MR) is 93.3 cm³/mol. The highest BCUT2D eigenvalue weighted by molar-refractivity contribution is 5.63.